The minimum atomic E-state index is -1.09. The van der Waals surface area contributed by atoms with Crippen LogP contribution in [-0.4, -0.2) is 25.7 Å². The number of aromatic nitrogens is 3. The van der Waals surface area contributed by atoms with Gasteiger partial charge in [0, 0.05) is 11.8 Å². The molecule has 78 valence electrons. The van der Waals surface area contributed by atoms with Crippen molar-refractivity contribution in [2.45, 2.75) is 13.3 Å². The van der Waals surface area contributed by atoms with E-state index in [4.69, 9.17) is 16.7 Å². The summed E-state index contributed by atoms with van der Waals surface area (Å²) in [7, 11) is 0. The molecule has 0 saturated carbocycles. The maximum atomic E-state index is 10.7. The van der Waals surface area contributed by atoms with Crippen LogP contribution < -0.4 is 0 Å². The van der Waals surface area contributed by atoms with Crippen molar-refractivity contribution in [2.24, 2.45) is 0 Å². The maximum Gasteiger partial charge on any atom is 0.356 e. The van der Waals surface area contributed by atoms with Crippen molar-refractivity contribution in [3.63, 3.8) is 0 Å². The zero-order chi connectivity index (χ0) is 11.0. The van der Waals surface area contributed by atoms with Gasteiger partial charge in [0.25, 0.3) is 0 Å². The van der Waals surface area contributed by atoms with Crippen molar-refractivity contribution >= 4 is 23.2 Å². The smallest absolute Gasteiger partial charge is 0.356 e. The predicted molar refractivity (Wildman–Crippen MR) is 54.3 cm³/mol. The highest BCUT2D eigenvalue weighted by Crippen LogP contribution is 2.14. The lowest BCUT2D eigenvalue weighted by Gasteiger charge is -1.99. The molecule has 0 amide bonds. The van der Waals surface area contributed by atoms with Crippen molar-refractivity contribution in [3.05, 3.63) is 28.7 Å². The van der Waals surface area contributed by atoms with Gasteiger partial charge in [-0.15, -0.1) is 0 Å². The van der Waals surface area contributed by atoms with Crippen LogP contribution >= 0.6 is 11.6 Å². The van der Waals surface area contributed by atoms with E-state index in [0.717, 1.165) is 12.1 Å². The third-order valence-corrected chi connectivity index (χ3v) is 2.29. The first-order chi connectivity index (χ1) is 7.11. The highest BCUT2D eigenvalue weighted by atomic mass is 35.5. The summed E-state index contributed by atoms with van der Waals surface area (Å²) in [5, 5.41) is 12.9. The van der Waals surface area contributed by atoms with E-state index < -0.39 is 5.97 Å². The van der Waals surface area contributed by atoms with Crippen molar-refractivity contribution in [2.75, 3.05) is 0 Å². The van der Waals surface area contributed by atoms with E-state index in [1.807, 2.05) is 6.92 Å². The molecular formula is C9H8ClN3O2. The van der Waals surface area contributed by atoms with Crippen LogP contribution in [0.3, 0.4) is 0 Å². The predicted octanol–water partition coefficient (Wildman–Crippen LogP) is 1.64. The molecule has 0 fully saturated rings. The second kappa shape index (κ2) is 3.51. The fourth-order valence-electron chi connectivity index (χ4n) is 1.27. The molecule has 2 aromatic rings. The summed E-state index contributed by atoms with van der Waals surface area (Å²) in [6, 6.07) is 3.07. The number of carboxylic acids is 1. The zero-order valence-corrected chi connectivity index (χ0v) is 8.69. The molecule has 6 heteroatoms. The molecule has 0 unspecified atom stereocenters. The van der Waals surface area contributed by atoms with Crippen LogP contribution in [0.5, 0.6) is 0 Å². The van der Waals surface area contributed by atoms with Crippen LogP contribution in [0.15, 0.2) is 12.1 Å². The number of halogens is 1. The van der Waals surface area contributed by atoms with Gasteiger partial charge < -0.3 is 5.11 Å². The number of hydrogen-bond acceptors (Lipinski definition) is 3. The minimum Gasteiger partial charge on any atom is -0.476 e. The van der Waals surface area contributed by atoms with Gasteiger partial charge in [-0.2, -0.15) is 5.10 Å². The Labute approximate surface area is 90.3 Å². The minimum absolute atomic E-state index is 0.0577. The van der Waals surface area contributed by atoms with E-state index in [-0.39, 0.29) is 5.69 Å². The van der Waals surface area contributed by atoms with Crippen LogP contribution in [0.1, 0.15) is 23.1 Å². The number of carbonyl (C=O) groups is 1. The molecule has 2 heterocycles. The van der Waals surface area contributed by atoms with Gasteiger partial charge in [-0.05, 0) is 12.5 Å². The average molecular weight is 226 g/mol. The van der Waals surface area contributed by atoms with Gasteiger partial charge in [0.1, 0.15) is 5.15 Å². The molecule has 1 N–H and O–H groups in total. The summed E-state index contributed by atoms with van der Waals surface area (Å²) in [6.07, 6.45) is 0.740. The van der Waals surface area contributed by atoms with E-state index in [9.17, 15) is 4.79 Å². The lowest BCUT2D eigenvalue weighted by Crippen LogP contribution is -1.99. The molecule has 5 nitrogen and oxygen atoms in total. The fraction of sp³-hybridized carbons (Fsp3) is 0.222. The second-order valence-corrected chi connectivity index (χ2v) is 3.42. The molecule has 0 aliphatic heterocycles. The second-order valence-electron chi connectivity index (χ2n) is 3.03. The van der Waals surface area contributed by atoms with Crippen molar-refractivity contribution < 1.29 is 9.90 Å². The van der Waals surface area contributed by atoms with Crippen LogP contribution in [-0.2, 0) is 6.42 Å². The number of aromatic carboxylic acids is 1. The molecule has 0 spiro atoms. The summed E-state index contributed by atoms with van der Waals surface area (Å²) in [5.41, 5.74) is 1.21. The summed E-state index contributed by atoms with van der Waals surface area (Å²) >= 11 is 5.93. The Morgan fingerprint density at radius 3 is 2.93 bits per heavy atom. The van der Waals surface area contributed by atoms with Gasteiger partial charge in [-0.1, -0.05) is 18.5 Å². The van der Waals surface area contributed by atoms with E-state index in [2.05, 4.69) is 10.1 Å². The first-order valence-corrected chi connectivity index (χ1v) is 4.78. The number of carboxylic acid groups (broad SMARTS) is 1. The van der Waals surface area contributed by atoms with Crippen LogP contribution in [0.2, 0.25) is 5.15 Å². The summed E-state index contributed by atoms with van der Waals surface area (Å²) in [4.78, 5) is 14.9. The Kier molecular flexibility index (Phi) is 2.32. The highest BCUT2D eigenvalue weighted by Gasteiger charge is 2.12. The third-order valence-electron chi connectivity index (χ3n) is 2.02. The first kappa shape index (κ1) is 9.92. The lowest BCUT2D eigenvalue weighted by atomic mass is 10.3. The molecule has 0 atom stereocenters. The van der Waals surface area contributed by atoms with Gasteiger partial charge in [0.05, 0.1) is 0 Å². The maximum absolute atomic E-state index is 10.7. The molecule has 0 aromatic carbocycles. The molecule has 0 aliphatic carbocycles. The van der Waals surface area contributed by atoms with E-state index in [0.29, 0.717) is 10.8 Å². The van der Waals surface area contributed by atoms with Gasteiger partial charge in [-0.25, -0.2) is 14.3 Å². The van der Waals surface area contributed by atoms with Crippen LogP contribution in [0.25, 0.3) is 5.65 Å². The Balaban J connectivity index is 2.69. The molecule has 0 radical (unpaired) electrons. The average Bonchev–Trinajstić information content (AvgIpc) is 2.61. The standard InChI is InChI=1S/C9H8ClN3O2/c1-2-5-3-7(10)13-8(11-5)4-6(12-13)9(14)15/h3-4H,2H2,1H3,(H,14,15). The SMILES string of the molecule is CCc1cc(Cl)n2nc(C(=O)O)cc2n1. The molecule has 0 saturated heterocycles. The van der Waals surface area contributed by atoms with E-state index in [1.165, 1.54) is 10.6 Å². The number of hydrogen-bond donors (Lipinski definition) is 1. The summed E-state index contributed by atoms with van der Waals surface area (Å²) in [6.45, 7) is 1.95. The number of fused-ring (bicyclic) bond motifs is 1. The topological polar surface area (TPSA) is 67.5 Å². The third kappa shape index (κ3) is 1.66. The van der Waals surface area contributed by atoms with Crippen molar-refractivity contribution in [1.82, 2.24) is 14.6 Å². The van der Waals surface area contributed by atoms with Gasteiger partial charge >= 0.3 is 5.97 Å². The van der Waals surface area contributed by atoms with Crippen LogP contribution in [0, 0.1) is 0 Å². The Bertz CT molecular complexity index is 535. The quantitative estimate of drug-likeness (QED) is 0.789. The summed E-state index contributed by atoms with van der Waals surface area (Å²) in [5.74, 6) is -1.09. The zero-order valence-electron chi connectivity index (χ0n) is 7.94. The highest BCUT2D eigenvalue weighted by molar-refractivity contribution is 6.29. The first-order valence-electron chi connectivity index (χ1n) is 4.40. The molecule has 2 aromatic heterocycles. The normalized spacial score (nSPS) is 10.8. The Morgan fingerprint density at radius 2 is 2.33 bits per heavy atom. The van der Waals surface area contributed by atoms with Crippen LogP contribution in [0.4, 0.5) is 0 Å². The molecule has 0 aliphatic rings. The molecular weight excluding hydrogens is 218 g/mol. The van der Waals surface area contributed by atoms with Crippen molar-refractivity contribution in [1.29, 1.82) is 0 Å². The largest absolute Gasteiger partial charge is 0.476 e. The van der Waals surface area contributed by atoms with E-state index >= 15 is 0 Å². The van der Waals surface area contributed by atoms with Crippen molar-refractivity contribution in [3.8, 4) is 0 Å². The fourth-order valence-corrected chi connectivity index (χ4v) is 1.52. The number of aryl methyl sites for hydroxylation is 1. The Morgan fingerprint density at radius 1 is 1.60 bits per heavy atom. The summed E-state index contributed by atoms with van der Waals surface area (Å²) < 4.78 is 1.31. The molecule has 0 bridgehead atoms. The van der Waals surface area contributed by atoms with Gasteiger partial charge in [0.2, 0.25) is 0 Å². The lowest BCUT2D eigenvalue weighted by molar-refractivity contribution is 0.0690. The Hall–Kier alpha value is -1.62. The van der Waals surface area contributed by atoms with Gasteiger partial charge in [0.15, 0.2) is 11.3 Å². The van der Waals surface area contributed by atoms with Gasteiger partial charge in [-0.3, -0.25) is 0 Å². The van der Waals surface area contributed by atoms with E-state index in [1.54, 1.807) is 6.07 Å². The monoisotopic (exact) mass is 225 g/mol. The number of nitrogens with zero attached hydrogens (tertiary/aromatic N) is 3. The molecule has 2 rings (SSSR count). The number of rotatable bonds is 2. The molecule has 15 heavy (non-hydrogen) atoms.